The summed E-state index contributed by atoms with van der Waals surface area (Å²) in [6, 6.07) is 0. The number of hydrogen-bond donors (Lipinski definition) is 3. The number of carbonyl (C=O) groups excluding carboxylic acids is 4. The predicted octanol–water partition coefficient (Wildman–Crippen LogP) is 19.2. The van der Waals surface area contributed by atoms with Crippen LogP contribution in [-0.4, -0.2) is 96.7 Å². The van der Waals surface area contributed by atoms with E-state index in [1.54, 1.807) is 0 Å². The van der Waals surface area contributed by atoms with E-state index in [1.165, 1.54) is 154 Å². The van der Waals surface area contributed by atoms with Crippen LogP contribution in [0.5, 0.6) is 0 Å². The molecule has 0 aromatic carbocycles. The number of hydrogen-bond acceptors (Lipinski definition) is 15. The number of phosphoric acid groups is 2. The summed E-state index contributed by atoms with van der Waals surface area (Å²) in [4.78, 5) is 72.2. The zero-order chi connectivity index (χ0) is 64.3. The molecule has 0 saturated carbocycles. The van der Waals surface area contributed by atoms with Gasteiger partial charge in [-0.3, -0.25) is 37.3 Å². The molecule has 0 heterocycles. The Morgan fingerprint density at radius 2 is 0.586 bits per heavy atom. The van der Waals surface area contributed by atoms with Crippen molar-refractivity contribution in [2.45, 2.75) is 362 Å². The fourth-order valence-electron chi connectivity index (χ4n) is 10.2. The summed E-state index contributed by atoms with van der Waals surface area (Å²) in [5.41, 5.74) is 0. The van der Waals surface area contributed by atoms with Gasteiger partial charge in [-0.15, -0.1) is 0 Å². The molecule has 0 bridgehead atoms. The van der Waals surface area contributed by atoms with Crippen LogP contribution in [0, 0.1) is 11.8 Å². The highest BCUT2D eigenvalue weighted by Crippen LogP contribution is 2.45. The topological polar surface area (TPSA) is 237 Å². The van der Waals surface area contributed by atoms with Gasteiger partial charge in [0.2, 0.25) is 0 Å². The van der Waals surface area contributed by atoms with Crippen molar-refractivity contribution < 1.29 is 80.2 Å². The van der Waals surface area contributed by atoms with Gasteiger partial charge in [0.05, 0.1) is 26.4 Å². The van der Waals surface area contributed by atoms with Crippen molar-refractivity contribution in [2.75, 3.05) is 39.6 Å². The third kappa shape index (κ3) is 61.3. The molecule has 0 spiro atoms. The van der Waals surface area contributed by atoms with Crippen LogP contribution in [0.3, 0.4) is 0 Å². The van der Waals surface area contributed by atoms with E-state index in [9.17, 15) is 43.2 Å². The molecule has 0 aliphatic rings. The van der Waals surface area contributed by atoms with Gasteiger partial charge in [0, 0.05) is 25.7 Å². The van der Waals surface area contributed by atoms with Gasteiger partial charge in [-0.2, -0.15) is 0 Å². The molecule has 0 radical (unpaired) electrons. The highest BCUT2D eigenvalue weighted by molar-refractivity contribution is 7.47. The minimum Gasteiger partial charge on any atom is -0.462 e. The maximum atomic E-state index is 13.0. The number of rotatable bonds is 67. The van der Waals surface area contributed by atoms with Gasteiger partial charge in [-0.25, -0.2) is 9.13 Å². The Morgan fingerprint density at radius 3 is 0.874 bits per heavy atom. The molecule has 87 heavy (non-hydrogen) atoms. The Morgan fingerprint density at radius 1 is 0.333 bits per heavy atom. The molecule has 0 amide bonds. The van der Waals surface area contributed by atoms with E-state index in [-0.39, 0.29) is 25.7 Å². The van der Waals surface area contributed by atoms with E-state index in [0.29, 0.717) is 25.7 Å². The molecular formula is C68H132O17P2. The standard InChI is InChI=1S/C68H132O17P2/c1-7-10-12-14-15-16-17-18-19-20-21-24-28-34-40-46-52-67(72)85-64(57-79-66(71)51-45-39-33-27-25-22-23-26-31-37-42-48-60(4)5)59-83-87(76,77)81-55-62(69)54-80-86(74,75)82-58-63(56-78-65(70)50-44-36-13-11-8-2)84-68(73)53-47-41-35-30-29-32-38-43-49-61(6)9-3/h60-64,69H,7-59H2,1-6H3,(H,74,75)(H,76,77)/t61?,62-,63+,64+/m0/s1. The van der Waals surface area contributed by atoms with Crippen LogP contribution in [-0.2, 0) is 65.4 Å². The molecule has 0 saturated heterocycles. The predicted molar refractivity (Wildman–Crippen MR) is 349 cm³/mol. The fraction of sp³-hybridized carbons (Fsp3) is 0.941. The van der Waals surface area contributed by atoms with E-state index >= 15 is 0 Å². The maximum Gasteiger partial charge on any atom is 0.472 e. The summed E-state index contributed by atoms with van der Waals surface area (Å²) in [6.45, 7) is 9.45. The lowest BCUT2D eigenvalue weighted by Crippen LogP contribution is -2.30. The molecule has 17 nitrogen and oxygen atoms in total. The second kappa shape index (κ2) is 60.3. The number of aliphatic hydroxyl groups excluding tert-OH is 1. The smallest absolute Gasteiger partial charge is 0.462 e. The van der Waals surface area contributed by atoms with Crippen LogP contribution in [0.15, 0.2) is 0 Å². The minimum absolute atomic E-state index is 0.104. The Labute approximate surface area is 530 Å². The van der Waals surface area contributed by atoms with E-state index in [0.717, 1.165) is 108 Å². The van der Waals surface area contributed by atoms with Crippen molar-refractivity contribution in [1.82, 2.24) is 0 Å². The summed E-state index contributed by atoms with van der Waals surface area (Å²) in [5.74, 6) is -0.597. The van der Waals surface area contributed by atoms with Crippen LogP contribution >= 0.6 is 15.6 Å². The summed E-state index contributed by atoms with van der Waals surface area (Å²) in [7, 11) is -9.89. The average molecular weight is 1280 g/mol. The van der Waals surface area contributed by atoms with Gasteiger partial charge in [0.25, 0.3) is 0 Å². The Balaban J connectivity index is 5.17. The number of ether oxygens (including phenoxy) is 4. The van der Waals surface area contributed by atoms with Crippen LogP contribution in [0.2, 0.25) is 0 Å². The quantitative estimate of drug-likeness (QED) is 0.0222. The number of unbranched alkanes of at least 4 members (excludes halogenated alkanes) is 36. The van der Waals surface area contributed by atoms with Crippen molar-refractivity contribution in [3.63, 3.8) is 0 Å². The zero-order valence-corrected chi connectivity index (χ0v) is 58.1. The molecule has 0 aliphatic heterocycles. The van der Waals surface area contributed by atoms with Gasteiger partial charge >= 0.3 is 39.5 Å². The molecule has 19 heteroatoms. The molecule has 0 aliphatic carbocycles. The molecule has 0 aromatic heterocycles. The lowest BCUT2D eigenvalue weighted by atomic mass is 9.99. The largest absolute Gasteiger partial charge is 0.472 e. The third-order valence-electron chi connectivity index (χ3n) is 16.1. The number of aliphatic hydroxyl groups is 1. The lowest BCUT2D eigenvalue weighted by Gasteiger charge is -2.21. The Kier molecular flexibility index (Phi) is 59.0. The number of esters is 4. The number of carbonyl (C=O) groups is 4. The fourth-order valence-corrected chi connectivity index (χ4v) is 11.8. The first-order valence-electron chi connectivity index (χ1n) is 35.5. The maximum absolute atomic E-state index is 13.0. The summed E-state index contributed by atoms with van der Waals surface area (Å²) in [5, 5.41) is 10.5. The molecular weight excluding hydrogens is 1150 g/mol. The van der Waals surface area contributed by atoms with E-state index < -0.39 is 97.5 Å². The summed E-state index contributed by atoms with van der Waals surface area (Å²) in [6.07, 6.45) is 44.7. The summed E-state index contributed by atoms with van der Waals surface area (Å²) >= 11 is 0. The lowest BCUT2D eigenvalue weighted by molar-refractivity contribution is -0.161. The number of phosphoric ester groups is 2. The highest BCUT2D eigenvalue weighted by Gasteiger charge is 2.30. The Hall–Kier alpha value is -1.94. The Bertz CT molecular complexity index is 1700. The van der Waals surface area contributed by atoms with Gasteiger partial charge in [0.15, 0.2) is 12.2 Å². The van der Waals surface area contributed by atoms with Crippen LogP contribution in [0.1, 0.15) is 343 Å². The monoisotopic (exact) mass is 1280 g/mol. The molecule has 516 valence electrons. The van der Waals surface area contributed by atoms with E-state index in [1.807, 2.05) is 0 Å². The normalized spacial score (nSPS) is 14.5. The molecule has 3 unspecified atom stereocenters. The zero-order valence-electron chi connectivity index (χ0n) is 56.3. The molecule has 0 rings (SSSR count). The summed E-state index contributed by atoms with van der Waals surface area (Å²) < 4.78 is 68.0. The first-order valence-corrected chi connectivity index (χ1v) is 38.5. The second-order valence-electron chi connectivity index (χ2n) is 25.3. The van der Waals surface area contributed by atoms with Crippen molar-refractivity contribution in [1.29, 1.82) is 0 Å². The first kappa shape index (κ1) is 85.1. The molecule has 0 fully saturated rings. The van der Waals surface area contributed by atoms with E-state index in [4.69, 9.17) is 37.0 Å². The van der Waals surface area contributed by atoms with Crippen LogP contribution in [0.4, 0.5) is 0 Å². The highest BCUT2D eigenvalue weighted by atomic mass is 31.2. The molecule has 6 atom stereocenters. The molecule has 0 aromatic rings. The van der Waals surface area contributed by atoms with Gasteiger partial charge < -0.3 is 33.8 Å². The van der Waals surface area contributed by atoms with Crippen LogP contribution in [0.25, 0.3) is 0 Å². The van der Waals surface area contributed by atoms with E-state index in [2.05, 4.69) is 41.5 Å². The third-order valence-corrected chi connectivity index (χ3v) is 18.0. The second-order valence-corrected chi connectivity index (χ2v) is 28.2. The van der Waals surface area contributed by atoms with Crippen molar-refractivity contribution in [3.8, 4) is 0 Å². The van der Waals surface area contributed by atoms with Crippen molar-refractivity contribution >= 4 is 39.5 Å². The van der Waals surface area contributed by atoms with Crippen molar-refractivity contribution in [3.05, 3.63) is 0 Å². The van der Waals surface area contributed by atoms with Gasteiger partial charge in [0.1, 0.15) is 19.3 Å². The van der Waals surface area contributed by atoms with Gasteiger partial charge in [-0.05, 0) is 37.5 Å². The van der Waals surface area contributed by atoms with Gasteiger partial charge in [-0.1, -0.05) is 292 Å². The average Bonchev–Trinajstić information content (AvgIpc) is 3.68. The SMILES string of the molecule is CCCCCCCCCCCCCCCCCCC(=O)O[C@H](COC(=O)CCCCCCCCCCCCCC(C)C)COP(=O)(O)OC[C@@H](O)COP(=O)(O)OC[C@@H](COC(=O)CCCCCCC)OC(=O)CCCCCCCCCCC(C)CC. The molecule has 3 N–H and O–H groups in total. The first-order chi connectivity index (χ1) is 41.9. The van der Waals surface area contributed by atoms with Crippen molar-refractivity contribution in [2.24, 2.45) is 11.8 Å². The minimum atomic E-state index is -4.95. The van der Waals surface area contributed by atoms with Crippen LogP contribution < -0.4 is 0 Å².